The third kappa shape index (κ3) is 4.98. The van der Waals surface area contributed by atoms with Gasteiger partial charge in [-0.3, -0.25) is 4.98 Å². The molecule has 0 amide bonds. The summed E-state index contributed by atoms with van der Waals surface area (Å²) in [6.45, 7) is 4.35. The van der Waals surface area contributed by atoms with Gasteiger partial charge in [0.2, 0.25) is 0 Å². The van der Waals surface area contributed by atoms with Crippen LogP contribution in [-0.2, 0) is 5.75 Å². The molecule has 0 radical (unpaired) electrons. The largest absolute Gasteiger partial charge is 0.490 e. The summed E-state index contributed by atoms with van der Waals surface area (Å²) >= 11 is 1.77. The SMILES string of the molecule is CCC(CSCc1c[nH]c(=O)o1)C(CC)Oc1ccccc1. The Kier molecular flexibility index (Phi) is 6.65. The van der Waals surface area contributed by atoms with Gasteiger partial charge in [-0.05, 0) is 25.0 Å². The van der Waals surface area contributed by atoms with Crippen molar-refractivity contribution in [1.82, 2.24) is 4.98 Å². The van der Waals surface area contributed by atoms with Crippen molar-refractivity contribution < 1.29 is 9.15 Å². The van der Waals surface area contributed by atoms with Gasteiger partial charge in [-0.15, -0.1) is 0 Å². The van der Waals surface area contributed by atoms with Gasteiger partial charge in [0.25, 0.3) is 0 Å². The molecular formula is C17H23NO3S. The summed E-state index contributed by atoms with van der Waals surface area (Å²) in [5, 5.41) is 0. The predicted molar refractivity (Wildman–Crippen MR) is 90.4 cm³/mol. The Balaban J connectivity index is 1.86. The average molecular weight is 321 g/mol. The second-order valence-corrected chi connectivity index (χ2v) is 6.24. The topological polar surface area (TPSA) is 55.2 Å². The zero-order valence-corrected chi connectivity index (χ0v) is 13.9. The van der Waals surface area contributed by atoms with Crippen LogP contribution in [0.25, 0.3) is 0 Å². The molecule has 0 saturated carbocycles. The van der Waals surface area contributed by atoms with Crippen molar-refractivity contribution in [3.05, 3.63) is 52.8 Å². The fraction of sp³-hybridized carbons (Fsp3) is 0.471. The van der Waals surface area contributed by atoms with Gasteiger partial charge < -0.3 is 9.15 Å². The Morgan fingerprint density at radius 1 is 1.23 bits per heavy atom. The molecule has 5 heteroatoms. The summed E-state index contributed by atoms with van der Waals surface area (Å²) in [7, 11) is 0. The molecule has 0 bridgehead atoms. The number of hydrogen-bond donors (Lipinski definition) is 1. The van der Waals surface area contributed by atoms with Crippen molar-refractivity contribution in [2.24, 2.45) is 5.92 Å². The predicted octanol–water partition coefficient (Wildman–Crippen LogP) is 4.08. The lowest BCUT2D eigenvalue weighted by Crippen LogP contribution is -2.27. The van der Waals surface area contributed by atoms with E-state index in [0.717, 1.165) is 24.3 Å². The minimum absolute atomic E-state index is 0.207. The van der Waals surface area contributed by atoms with Gasteiger partial charge >= 0.3 is 5.76 Å². The van der Waals surface area contributed by atoms with E-state index < -0.39 is 0 Å². The van der Waals surface area contributed by atoms with E-state index in [1.807, 2.05) is 30.3 Å². The van der Waals surface area contributed by atoms with Gasteiger partial charge in [-0.25, -0.2) is 4.79 Å². The third-order valence-electron chi connectivity index (χ3n) is 3.63. The molecule has 0 aliphatic carbocycles. The van der Waals surface area contributed by atoms with Crippen LogP contribution in [0.1, 0.15) is 32.4 Å². The molecule has 2 atom stereocenters. The van der Waals surface area contributed by atoms with Crippen LogP contribution >= 0.6 is 11.8 Å². The third-order valence-corrected chi connectivity index (χ3v) is 4.79. The molecule has 0 spiro atoms. The van der Waals surface area contributed by atoms with Crippen LogP contribution in [0, 0.1) is 5.92 Å². The number of ether oxygens (including phenoxy) is 1. The molecule has 0 aliphatic heterocycles. The number of aromatic amines is 1. The summed E-state index contributed by atoms with van der Waals surface area (Å²) in [6, 6.07) is 9.97. The fourth-order valence-electron chi connectivity index (χ4n) is 2.37. The molecule has 22 heavy (non-hydrogen) atoms. The van der Waals surface area contributed by atoms with Crippen molar-refractivity contribution in [3.63, 3.8) is 0 Å². The quantitative estimate of drug-likeness (QED) is 0.756. The van der Waals surface area contributed by atoms with Crippen molar-refractivity contribution in [2.45, 2.75) is 38.5 Å². The second-order valence-electron chi connectivity index (χ2n) is 5.21. The number of nitrogens with one attached hydrogen (secondary N) is 1. The first-order chi connectivity index (χ1) is 10.7. The molecule has 1 aromatic heterocycles. The van der Waals surface area contributed by atoms with Crippen LogP contribution in [0.2, 0.25) is 0 Å². The van der Waals surface area contributed by atoms with Gasteiger partial charge in [0.05, 0.1) is 5.75 Å². The molecule has 0 fully saturated rings. The molecule has 120 valence electrons. The highest BCUT2D eigenvalue weighted by molar-refractivity contribution is 7.98. The van der Waals surface area contributed by atoms with Crippen LogP contribution in [0.4, 0.5) is 0 Å². The standard InChI is InChI=1S/C17H23NO3S/c1-3-13(11-22-12-15-10-18-17(19)21-15)16(4-2)20-14-8-6-5-7-9-14/h5-10,13,16H,3-4,11-12H2,1-2H3,(H,18,19). The fourth-order valence-corrected chi connectivity index (χ4v) is 3.59. The van der Waals surface area contributed by atoms with Gasteiger partial charge in [0.1, 0.15) is 17.6 Å². The van der Waals surface area contributed by atoms with Gasteiger partial charge in [-0.2, -0.15) is 11.8 Å². The van der Waals surface area contributed by atoms with Crippen molar-refractivity contribution >= 4 is 11.8 Å². The normalized spacial score (nSPS) is 13.7. The van der Waals surface area contributed by atoms with Crippen LogP contribution < -0.4 is 10.5 Å². The lowest BCUT2D eigenvalue weighted by molar-refractivity contribution is 0.138. The highest BCUT2D eigenvalue weighted by Gasteiger charge is 2.20. The minimum atomic E-state index is -0.388. The van der Waals surface area contributed by atoms with E-state index in [1.165, 1.54) is 0 Å². The Morgan fingerprint density at radius 2 is 2.00 bits per heavy atom. The molecule has 0 saturated heterocycles. The molecule has 2 aromatic rings. The van der Waals surface area contributed by atoms with Gasteiger partial charge in [-0.1, -0.05) is 32.0 Å². The van der Waals surface area contributed by atoms with E-state index in [-0.39, 0.29) is 11.9 Å². The number of thioether (sulfide) groups is 1. The Hall–Kier alpha value is -1.62. The summed E-state index contributed by atoms with van der Waals surface area (Å²) in [6.07, 6.45) is 3.88. The zero-order valence-electron chi connectivity index (χ0n) is 13.1. The Bertz CT molecular complexity index is 593. The lowest BCUT2D eigenvalue weighted by Gasteiger charge is -2.26. The van der Waals surface area contributed by atoms with Crippen LogP contribution in [0.15, 0.2) is 45.7 Å². The van der Waals surface area contributed by atoms with Crippen molar-refractivity contribution in [1.29, 1.82) is 0 Å². The van der Waals surface area contributed by atoms with E-state index >= 15 is 0 Å². The number of oxazole rings is 1. The Morgan fingerprint density at radius 3 is 2.59 bits per heavy atom. The molecule has 2 unspecified atom stereocenters. The van der Waals surface area contributed by atoms with E-state index in [1.54, 1.807) is 18.0 Å². The maximum atomic E-state index is 10.9. The maximum absolute atomic E-state index is 10.9. The molecule has 0 aliphatic rings. The first-order valence-electron chi connectivity index (χ1n) is 7.69. The van der Waals surface area contributed by atoms with Crippen LogP contribution in [0.5, 0.6) is 5.75 Å². The Labute approximate surface area is 135 Å². The number of benzene rings is 1. The minimum Gasteiger partial charge on any atom is -0.490 e. The summed E-state index contributed by atoms with van der Waals surface area (Å²) in [5.41, 5.74) is 0. The number of aromatic nitrogens is 1. The average Bonchev–Trinajstić information content (AvgIpc) is 2.96. The van der Waals surface area contributed by atoms with Crippen molar-refractivity contribution in [2.75, 3.05) is 5.75 Å². The monoisotopic (exact) mass is 321 g/mol. The van der Waals surface area contributed by atoms with Crippen molar-refractivity contribution in [3.8, 4) is 5.75 Å². The zero-order chi connectivity index (χ0) is 15.8. The van der Waals surface area contributed by atoms with E-state index in [2.05, 4.69) is 18.8 Å². The second kappa shape index (κ2) is 8.73. The molecule has 1 aromatic carbocycles. The number of rotatable bonds is 9. The highest BCUT2D eigenvalue weighted by atomic mass is 32.2. The molecule has 2 rings (SSSR count). The number of hydrogen-bond acceptors (Lipinski definition) is 4. The first kappa shape index (κ1) is 16.7. The van der Waals surface area contributed by atoms with E-state index in [9.17, 15) is 4.79 Å². The molecule has 4 nitrogen and oxygen atoms in total. The molecular weight excluding hydrogens is 298 g/mol. The lowest BCUT2D eigenvalue weighted by atomic mass is 9.99. The van der Waals surface area contributed by atoms with E-state index in [4.69, 9.17) is 9.15 Å². The molecule has 1 N–H and O–H groups in total. The number of para-hydroxylation sites is 1. The maximum Gasteiger partial charge on any atom is 0.416 e. The van der Waals surface area contributed by atoms with Crippen LogP contribution in [-0.4, -0.2) is 16.8 Å². The van der Waals surface area contributed by atoms with Gasteiger partial charge in [0.15, 0.2) is 0 Å². The first-order valence-corrected chi connectivity index (χ1v) is 8.85. The van der Waals surface area contributed by atoms with Gasteiger partial charge in [0, 0.05) is 17.9 Å². The summed E-state index contributed by atoms with van der Waals surface area (Å²) in [5.74, 6) is 3.40. The van der Waals surface area contributed by atoms with E-state index in [0.29, 0.717) is 17.4 Å². The summed E-state index contributed by atoms with van der Waals surface area (Å²) < 4.78 is 11.1. The number of H-pyrrole nitrogens is 1. The highest BCUT2D eigenvalue weighted by Crippen LogP contribution is 2.24. The summed E-state index contributed by atoms with van der Waals surface area (Å²) in [4.78, 5) is 13.5. The smallest absolute Gasteiger partial charge is 0.416 e. The van der Waals surface area contributed by atoms with Crippen LogP contribution in [0.3, 0.4) is 0 Å². The molecule has 1 heterocycles.